The van der Waals surface area contributed by atoms with Crippen LogP contribution in [0, 0.1) is 5.92 Å². The fraction of sp³-hybridized carbons (Fsp3) is 1.00. The van der Waals surface area contributed by atoms with E-state index < -0.39 is 0 Å². The van der Waals surface area contributed by atoms with Crippen molar-refractivity contribution >= 4 is 11.6 Å². The fourth-order valence-electron chi connectivity index (χ4n) is 1.95. The van der Waals surface area contributed by atoms with Crippen LogP contribution in [0.15, 0.2) is 0 Å². The maximum Gasteiger partial charge on any atom is 0.0599 e. The van der Waals surface area contributed by atoms with Gasteiger partial charge >= 0.3 is 0 Å². The summed E-state index contributed by atoms with van der Waals surface area (Å²) in [6, 6.07) is 0. The van der Waals surface area contributed by atoms with Crippen LogP contribution in [-0.4, -0.2) is 19.1 Å². The summed E-state index contributed by atoms with van der Waals surface area (Å²) < 4.78 is 5.40. The molecule has 0 bridgehead atoms. The number of alkyl halides is 1. The van der Waals surface area contributed by atoms with E-state index in [1.807, 2.05) is 7.11 Å². The largest absolute Gasteiger partial charge is 0.381 e. The van der Waals surface area contributed by atoms with Gasteiger partial charge in [-0.2, -0.15) is 0 Å². The van der Waals surface area contributed by atoms with Gasteiger partial charge in [0.1, 0.15) is 0 Å². The molecule has 1 nitrogen and oxygen atoms in total. The lowest BCUT2D eigenvalue weighted by atomic mass is 9.85. The van der Waals surface area contributed by atoms with Crippen LogP contribution in [0.1, 0.15) is 32.1 Å². The average Bonchev–Trinajstić information content (AvgIpc) is 2.06. The van der Waals surface area contributed by atoms with Crippen molar-refractivity contribution in [1.82, 2.24) is 0 Å². The molecule has 1 rings (SSSR count). The summed E-state index contributed by atoms with van der Waals surface area (Å²) in [7, 11) is 1.82. The molecule has 0 aromatic rings. The molecule has 0 spiro atoms. The van der Waals surface area contributed by atoms with E-state index in [1.54, 1.807) is 0 Å². The molecule has 0 aliphatic heterocycles. The van der Waals surface area contributed by atoms with Gasteiger partial charge in [-0.15, -0.1) is 11.6 Å². The smallest absolute Gasteiger partial charge is 0.0599 e. The molecule has 0 heterocycles. The SMILES string of the molecule is COC1CCCCC1CCCl. The van der Waals surface area contributed by atoms with Crippen molar-refractivity contribution in [2.75, 3.05) is 13.0 Å². The Balaban J connectivity index is 2.31. The van der Waals surface area contributed by atoms with Gasteiger partial charge in [-0.25, -0.2) is 0 Å². The van der Waals surface area contributed by atoms with E-state index in [1.165, 1.54) is 25.7 Å². The van der Waals surface area contributed by atoms with E-state index in [0.717, 1.165) is 18.2 Å². The Morgan fingerprint density at radius 1 is 1.36 bits per heavy atom. The molecule has 2 unspecified atom stereocenters. The van der Waals surface area contributed by atoms with Crippen molar-refractivity contribution in [2.24, 2.45) is 5.92 Å². The first-order valence-corrected chi connectivity index (χ1v) is 5.00. The summed E-state index contributed by atoms with van der Waals surface area (Å²) in [4.78, 5) is 0. The quantitative estimate of drug-likeness (QED) is 0.601. The maximum absolute atomic E-state index is 5.70. The topological polar surface area (TPSA) is 9.23 Å². The molecule has 11 heavy (non-hydrogen) atoms. The van der Waals surface area contributed by atoms with E-state index >= 15 is 0 Å². The van der Waals surface area contributed by atoms with Crippen LogP contribution in [0.2, 0.25) is 0 Å². The minimum atomic E-state index is 0.488. The second-order valence-corrected chi connectivity index (χ2v) is 3.67. The summed E-state index contributed by atoms with van der Waals surface area (Å²) in [6.45, 7) is 0. The summed E-state index contributed by atoms with van der Waals surface area (Å²) in [5.74, 6) is 1.51. The van der Waals surface area contributed by atoms with Crippen molar-refractivity contribution in [1.29, 1.82) is 0 Å². The molecule has 0 aromatic heterocycles. The molecular weight excluding hydrogens is 160 g/mol. The Labute approximate surface area is 74.1 Å². The molecular formula is C9H17ClO. The minimum Gasteiger partial charge on any atom is -0.381 e. The Hall–Kier alpha value is 0.250. The molecule has 1 saturated carbocycles. The molecule has 1 aliphatic carbocycles. The Morgan fingerprint density at radius 2 is 2.09 bits per heavy atom. The van der Waals surface area contributed by atoms with Gasteiger partial charge < -0.3 is 4.74 Å². The van der Waals surface area contributed by atoms with Crippen molar-refractivity contribution < 1.29 is 4.74 Å². The first-order valence-electron chi connectivity index (χ1n) is 4.47. The number of hydrogen-bond donors (Lipinski definition) is 0. The van der Waals surface area contributed by atoms with Crippen LogP contribution in [-0.2, 0) is 4.74 Å². The molecule has 0 N–H and O–H groups in total. The standard InChI is InChI=1S/C9H17ClO/c1-11-9-5-3-2-4-8(9)6-7-10/h8-9H,2-7H2,1H3. The van der Waals surface area contributed by atoms with Gasteiger partial charge in [-0.05, 0) is 25.2 Å². The highest BCUT2D eigenvalue weighted by Crippen LogP contribution is 2.28. The van der Waals surface area contributed by atoms with E-state index in [0.29, 0.717) is 6.10 Å². The van der Waals surface area contributed by atoms with Crippen molar-refractivity contribution in [3.8, 4) is 0 Å². The maximum atomic E-state index is 5.70. The number of halogens is 1. The predicted molar refractivity (Wildman–Crippen MR) is 48.1 cm³/mol. The Bertz CT molecular complexity index is 104. The molecule has 2 atom stereocenters. The zero-order valence-electron chi connectivity index (χ0n) is 7.18. The normalized spacial score (nSPS) is 32.2. The van der Waals surface area contributed by atoms with Gasteiger partial charge in [0.15, 0.2) is 0 Å². The van der Waals surface area contributed by atoms with E-state index in [4.69, 9.17) is 16.3 Å². The lowest BCUT2D eigenvalue weighted by Gasteiger charge is -2.29. The number of rotatable bonds is 3. The van der Waals surface area contributed by atoms with Gasteiger partial charge in [-0.1, -0.05) is 12.8 Å². The highest BCUT2D eigenvalue weighted by atomic mass is 35.5. The highest BCUT2D eigenvalue weighted by Gasteiger charge is 2.23. The first-order chi connectivity index (χ1) is 5.38. The molecule has 2 heteroatoms. The number of hydrogen-bond acceptors (Lipinski definition) is 1. The predicted octanol–water partition coefficient (Wildman–Crippen LogP) is 2.82. The first kappa shape index (κ1) is 9.34. The molecule has 1 aliphatic rings. The van der Waals surface area contributed by atoms with Crippen LogP contribution >= 0.6 is 11.6 Å². The van der Waals surface area contributed by atoms with E-state index in [9.17, 15) is 0 Å². The molecule has 0 aromatic carbocycles. The third-order valence-corrected chi connectivity index (χ3v) is 2.84. The summed E-state index contributed by atoms with van der Waals surface area (Å²) in [5, 5.41) is 0. The number of methoxy groups -OCH3 is 1. The second-order valence-electron chi connectivity index (χ2n) is 3.30. The molecule has 0 saturated heterocycles. The van der Waals surface area contributed by atoms with Crippen LogP contribution in [0.25, 0.3) is 0 Å². The molecule has 1 fully saturated rings. The summed E-state index contributed by atoms with van der Waals surface area (Å²) >= 11 is 5.70. The third kappa shape index (κ3) is 2.64. The van der Waals surface area contributed by atoms with Crippen molar-refractivity contribution in [3.05, 3.63) is 0 Å². The molecule has 0 radical (unpaired) electrons. The van der Waals surface area contributed by atoms with Crippen LogP contribution in [0.3, 0.4) is 0 Å². The number of ether oxygens (including phenoxy) is 1. The average molecular weight is 177 g/mol. The van der Waals surface area contributed by atoms with Crippen LogP contribution in [0.5, 0.6) is 0 Å². The van der Waals surface area contributed by atoms with Gasteiger partial charge in [0.2, 0.25) is 0 Å². The van der Waals surface area contributed by atoms with Gasteiger partial charge in [-0.3, -0.25) is 0 Å². The molecule has 66 valence electrons. The second kappa shape index (κ2) is 5.00. The zero-order valence-corrected chi connectivity index (χ0v) is 7.94. The lowest BCUT2D eigenvalue weighted by Crippen LogP contribution is -2.26. The van der Waals surface area contributed by atoms with Gasteiger partial charge in [0.05, 0.1) is 6.10 Å². The summed E-state index contributed by atoms with van der Waals surface area (Å²) in [6.07, 6.45) is 6.85. The van der Waals surface area contributed by atoms with Gasteiger partial charge in [0.25, 0.3) is 0 Å². The highest BCUT2D eigenvalue weighted by molar-refractivity contribution is 6.17. The van der Waals surface area contributed by atoms with Crippen LogP contribution in [0.4, 0.5) is 0 Å². The van der Waals surface area contributed by atoms with Crippen molar-refractivity contribution in [3.63, 3.8) is 0 Å². The Kier molecular flexibility index (Phi) is 4.24. The van der Waals surface area contributed by atoms with E-state index in [-0.39, 0.29) is 0 Å². The monoisotopic (exact) mass is 176 g/mol. The van der Waals surface area contributed by atoms with Crippen LogP contribution < -0.4 is 0 Å². The minimum absolute atomic E-state index is 0.488. The van der Waals surface area contributed by atoms with Gasteiger partial charge in [0, 0.05) is 13.0 Å². The Morgan fingerprint density at radius 3 is 2.73 bits per heavy atom. The fourth-order valence-corrected chi connectivity index (χ4v) is 2.23. The lowest BCUT2D eigenvalue weighted by molar-refractivity contribution is 0.0226. The van der Waals surface area contributed by atoms with Crippen molar-refractivity contribution in [2.45, 2.75) is 38.2 Å². The molecule has 0 amide bonds. The summed E-state index contributed by atoms with van der Waals surface area (Å²) in [5.41, 5.74) is 0. The third-order valence-electron chi connectivity index (χ3n) is 2.62. The zero-order chi connectivity index (χ0) is 8.10. The van der Waals surface area contributed by atoms with E-state index in [2.05, 4.69) is 0 Å².